The molecular weight excluding hydrogens is 1310 g/mol. The van der Waals surface area contributed by atoms with Crippen LogP contribution in [-0.2, 0) is 56.3 Å². The lowest BCUT2D eigenvalue weighted by molar-refractivity contribution is -0.295. The lowest BCUT2D eigenvalue weighted by atomic mass is 9.77. The Kier molecular flexibility index (Phi) is 27.7. The van der Waals surface area contributed by atoms with E-state index < -0.39 is 83.6 Å². The number of carbonyl (C=O) groups is 2. The second-order valence-corrected chi connectivity index (χ2v) is 39.2. The minimum Gasteiger partial charge on any atom is -0.458 e. The highest BCUT2D eigenvalue weighted by Crippen LogP contribution is 2.46. The fourth-order valence-corrected chi connectivity index (χ4v) is 20.7. The first-order valence-electron chi connectivity index (χ1n) is 34.7. The molecule has 4 fully saturated rings. The maximum atomic E-state index is 14.5. The van der Waals surface area contributed by atoms with Gasteiger partial charge in [0.1, 0.15) is 24.2 Å². The largest absolute Gasteiger partial charge is 0.458 e. The molecule has 1 unspecified atom stereocenters. The van der Waals surface area contributed by atoms with Crippen molar-refractivity contribution in [3.8, 4) is 0 Å². The number of esters is 1. The van der Waals surface area contributed by atoms with Crippen molar-refractivity contribution in [1.82, 2.24) is 10.3 Å². The molecule has 0 saturated carbocycles. The maximum Gasteiger partial charge on any atom is 0.330 e. The van der Waals surface area contributed by atoms with Gasteiger partial charge in [-0.2, -0.15) is 0 Å². The van der Waals surface area contributed by atoms with Gasteiger partial charge in [-0.05, 0) is 109 Å². The predicted molar refractivity (Wildman–Crippen MR) is 387 cm³/mol. The molecule has 19 heteroatoms. The first-order valence-corrected chi connectivity index (χ1v) is 40.5. The molecule has 96 heavy (non-hydrogen) atoms. The average molecular weight is 1420 g/mol. The predicted octanol–water partition coefficient (Wildman–Crippen LogP) is 14.6. The standard InChI is InChI=1S/C77H111BrN2O14Si2/c1-17-64-66-33-25-34-71-80-65(50-87-71)67-45-60(93-96(76(9,10)11,62-29-20-18-21-30-62)63-31-22-19-23-32-63)44-59(89-67)43-58-40-52(3)39-57(88-58)27-24-35-72(83)91-74(64)54(5)73(90-66)53(4)42-55(49-81)79-70(82)48-77(86-14)47-61(85-13)46-68(92-77)69(94-95(15,16)75(6,7)8)41-51(2)36-37-56(84-12)28-26-38-78/h18-26,29-32,34-38,41-42,50,54-61,64,66-69,73-74,81H,3,17,27-28,33,39-40,43-49H2,1-2,4-16H3,(H,79,82)/b34-25+,35-24-,37-36+,38-26+,51-41+,53-42+/t54-,55?,56+,57-,58+,59+,60+,61+,64-,66+,67+,68+,69+,73-,74+,77-/m0/s1. The number of hydrogen-bond donors (Lipinski definition) is 2. The third-order valence-corrected chi connectivity index (χ3v) is 30.5. The number of amides is 1. The maximum absolute atomic E-state index is 14.5. The lowest BCUT2D eigenvalue weighted by Gasteiger charge is -2.47. The van der Waals surface area contributed by atoms with Crippen LogP contribution >= 0.6 is 15.9 Å². The van der Waals surface area contributed by atoms with Crippen molar-refractivity contribution >= 4 is 60.9 Å². The van der Waals surface area contributed by atoms with Crippen LogP contribution in [0.4, 0.5) is 0 Å². The second kappa shape index (κ2) is 34.6. The number of aromatic nitrogens is 1. The van der Waals surface area contributed by atoms with Crippen LogP contribution in [-0.4, -0.2) is 146 Å². The topological polar surface area (TPSA) is 185 Å². The highest BCUT2D eigenvalue weighted by atomic mass is 79.9. The van der Waals surface area contributed by atoms with E-state index in [0.717, 1.165) is 16.7 Å². The molecule has 2 N–H and O–H groups in total. The summed E-state index contributed by atoms with van der Waals surface area (Å²) in [6, 6.07) is 20.7. The second-order valence-electron chi connectivity index (χ2n) is 29.7. The smallest absolute Gasteiger partial charge is 0.330 e. The Morgan fingerprint density at radius 3 is 2.19 bits per heavy atom. The molecular formula is C77H111BrN2O14Si2. The van der Waals surface area contributed by atoms with Crippen LogP contribution < -0.4 is 15.7 Å². The highest BCUT2D eigenvalue weighted by molar-refractivity contribution is 9.11. The van der Waals surface area contributed by atoms with E-state index in [2.05, 4.69) is 156 Å². The summed E-state index contributed by atoms with van der Waals surface area (Å²) < 4.78 is 73.9. The molecule has 16 atom stereocenters. The van der Waals surface area contributed by atoms with Gasteiger partial charge in [0.25, 0.3) is 8.32 Å². The number of halogens is 1. The Morgan fingerprint density at radius 1 is 0.875 bits per heavy atom. The van der Waals surface area contributed by atoms with E-state index in [1.807, 2.05) is 68.3 Å². The summed E-state index contributed by atoms with van der Waals surface area (Å²) in [5, 5.41) is 16.2. The van der Waals surface area contributed by atoms with E-state index >= 15 is 0 Å². The number of aliphatic hydroxyl groups excluding tert-OH is 1. The van der Waals surface area contributed by atoms with Gasteiger partial charge in [0.2, 0.25) is 11.8 Å². The quantitative estimate of drug-likeness (QED) is 0.0419. The van der Waals surface area contributed by atoms with Crippen LogP contribution in [0.5, 0.6) is 0 Å². The van der Waals surface area contributed by atoms with E-state index in [1.54, 1.807) is 27.6 Å². The van der Waals surface area contributed by atoms with E-state index in [0.29, 0.717) is 75.8 Å². The molecule has 8 rings (SSSR count). The SMILES string of the molecule is C=C1C[C@@H]2C[C@@H]3C[C@@H](O[Si](c4ccccc4)(c4ccccc4)C(C)(C)C)C[C@@H](O3)c3coc(n3)/C=C/C[C@H]3O[C@@H](/C(C)=C/C(CO)NC(=O)C[C@]4(OC)C[C@H](OC)C[C@H]([C@@H](/C=C(C)/C=C/[C@@H](C/C=C/Br)OC)O[Si](C)(C)C(C)(C)C)O4)[C@H](C)[C@@H](OC(=O)/C=C\C[C@@H](C1)O2)[C@H]3CC. The molecule has 1 amide bonds. The average Bonchev–Trinajstić information content (AvgIpc) is 0.784. The molecule has 1 aromatic heterocycles. The number of oxazole rings is 1. The minimum absolute atomic E-state index is 0.114. The van der Waals surface area contributed by atoms with E-state index in [-0.39, 0.29) is 71.4 Å². The third-order valence-electron chi connectivity index (χ3n) is 20.5. The van der Waals surface area contributed by atoms with Crippen LogP contribution in [0.15, 0.2) is 148 Å². The van der Waals surface area contributed by atoms with Crippen molar-refractivity contribution < 1.29 is 65.9 Å². The molecule has 3 aromatic rings. The van der Waals surface area contributed by atoms with Crippen molar-refractivity contribution in [3.63, 3.8) is 0 Å². The number of rotatable bonds is 22. The van der Waals surface area contributed by atoms with Crippen LogP contribution in [0.2, 0.25) is 23.2 Å². The Morgan fingerprint density at radius 2 is 1.56 bits per heavy atom. The number of carbonyl (C=O) groups excluding carboxylic acids is 2. The van der Waals surface area contributed by atoms with Gasteiger partial charge in [-0.1, -0.05) is 192 Å². The van der Waals surface area contributed by atoms with Crippen LogP contribution in [0.1, 0.15) is 164 Å². The molecule has 2 aromatic carbocycles. The molecule has 0 radical (unpaired) electrons. The van der Waals surface area contributed by atoms with Crippen LogP contribution in [0.25, 0.3) is 6.08 Å². The normalized spacial score (nSPS) is 30.3. The van der Waals surface area contributed by atoms with E-state index in [4.69, 9.17) is 56.1 Å². The summed E-state index contributed by atoms with van der Waals surface area (Å²) in [6.07, 6.45) is 20.8. The third kappa shape index (κ3) is 19.8. The molecule has 0 spiro atoms. The Hall–Kier alpha value is -4.72. The summed E-state index contributed by atoms with van der Waals surface area (Å²) in [7, 11) is -0.466. The number of ether oxygens (including phenoxy) is 8. The van der Waals surface area contributed by atoms with Gasteiger partial charge in [-0.3, -0.25) is 4.79 Å². The van der Waals surface area contributed by atoms with Gasteiger partial charge >= 0.3 is 5.97 Å². The first-order chi connectivity index (χ1) is 45.7. The molecule has 5 aliphatic rings. The summed E-state index contributed by atoms with van der Waals surface area (Å²) in [4.78, 5) is 35.6. The van der Waals surface area contributed by atoms with Gasteiger partial charge in [0, 0.05) is 64.9 Å². The molecule has 0 aliphatic carbocycles. The van der Waals surface area contributed by atoms with Crippen LogP contribution in [0, 0.1) is 11.8 Å². The molecule has 6 heterocycles. The van der Waals surface area contributed by atoms with Crippen molar-refractivity contribution in [2.24, 2.45) is 11.8 Å². The zero-order valence-corrected chi connectivity index (χ0v) is 63.3. The first kappa shape index (κ1) is 77.0. The number of methoxy groups -OCH3 is 3. The molecule has 4 saturated heterocycles. The molecule has 5 aliphatic heterocycles. The summed E-state index contributed by atoms with van der Waals surface area (Å²) >= 11 is 3.36. The van der Waals surface area contributed by atoms with Gasteiger partial charge in [0.15, 0.2) is 14.1 Å². The van der Waals surface area contributed by atoms with Crippen molar-refractivity contribution in [1.29, 1.82) is 0 Å². The van der Waals surface area contributed by atoms with Crippen molar-refractivity contribution in [2.75, 3.05) is 27.9 Å². The van der Waals surface area contributed by atoms with Gasteiger partial charge < -0.3 is 61.6 Å². The molecule has 16 nitrogen and oxygen atoms in total. The number of hydrogen-bond acceptors (Lipinski definition) is 15. The van der Waals surface area contributed by atoms with Gasteiger partial charge in [-0.25, -0.2) is 9.78 Å². The number of aliphatic hydroxyl groups is 1. The number of nitrogens with zero attached hydrogens (tertiary/aromatic N) is 1. The summed E-state index contributed by atoms with van der Waals surface area (Å²) in [5.74, 6) is -2.35. The van der Waals surface area contributed by atoms with Crippen LogP contribution in [0.3, 0.4) is 0 Å². The number of allylic oxidation sites excluding steroid dienone is 2. The van der Waals surface area contributed by atoms with Gasteiger partial charge in [-0.15, -0.1) is 0 Å². The van der Waals surface area contributed by atoms with Crippen molar-refractivity contribution in [3.05, 3.63) is 155 Å². The number of fused-ring (bicyclic) bond motifs is 9. The van der Waals surface area contributed by atoms with E-state index in [1.165, 1.54) is 16.4 Å². The Labute approximate surface area is 583 Å². The number of nitrogens with one attached hydrogen (secondary N) is 1. The molecule has 8 bridgehead atoms. The lowest BCUT2D eigenvalue weighted by Crippen LogP contribution is -2.68. The van der Waals surface area contributed by atoms with E-state index in [9.17, 15) is 14.7 Å². The number of benzene rings is 2. The Bertz CT molecular complexity index is 3150. The van der Waals surface area contributed by atoms with Gasteiger partial charge in [0.05, 0.1) is 80.1 Å². The monoisotopic (exact) mass is 1420 g/mol. The zero-order chi connectivity index (χ0) is 69.6. The fraction of sp³-hybridized carbons (Fsp3) is 0.597. The highest BCUT2D eigenvalue weighted by Gasteiger charge is 2.54. The fourth-order valence-electron chi connectivity index (χ4n) is 14.5. The minimum atomic E-state index is -2.97. The zero-order valence-electron chi connectivity index (χ0n) is 59.8. The summed E-state index contributed by atoms with van der Waals surface area (Å²) in [5.41, 5.74) is 3.51. The Balaban J connectivity index is 1.04. The summed E-state index contributed by atoms with van der Waals surface area (Å²) in [6.45, 7) is 30.1. The molecule has 528 valence electrons. The van der Waals surface area contributed by atoms with Crippen molar-refractivity contribution in [2.45, 2.75) is 255 Å².